The Morgan fingerprint density at radius 2 is 1.74 bits per heavy atom. The Labute approximate surface area is 249 Å². The predicted molar refractivity (Wildman–Crippen MR) is 156 cm³/mol. The van der Waals surface area contributed by atoms with Gasteiger partial charge in [-0.2, -0.15) is 0 Å². The molecule has 1 aromatic heterocycles. The summed E-state index contributed by atoms with van der Waals surface area (Å²) in [6.45, 7) is 2.97. The number of rotatable bonds is 7. The SMILES string of the molecule is CCCN1CC=C[C@@H]2O[C@]34C=CCN(Cn5nnc6ccccc65)C(=O)C3N([C@H](CO)c3ccccc3)C(=O)[C@@H]4[C@@H]2C1=O. The van der Waals surface area contributed by atoms with Gasteiger partial charge >= 0.3 is 0 Å². The van der Waals surface area contributed by atoms with E-state index in [1.165, 1.54) is 4.90 Å². The Hall–Kier alpha value is -4.35. The van der Waals surface area contributed by atoms with Gasteiger partial charge in [0.25, 0.3) is 5.91 Å². The molecule has 3 aromatic rings. The number of carbonyl (C=O) groups is 3. The molecule has 1 spiro atoms. The van der Waals surface area contributed by atoms with Gasteiger partial charge in [0, 0.05) is 19.6 Å². The van der Waals surface area contributed by atoms with Crippen molar-refractivity contribution in [1.82, 2.24) is 29.7 Å². The minimum atomic E-state index is -1.39. The first kappa shape index (κ1) is 27.5. The van der Waals surface area contributed by atoms with Crippen molar-refractivity contribution in [3.05, 3.63) is 84.5 Å². The number of nitrogens with zero attached hydrogens (tertiary/aromatic N) is 6. The number of hydrogen-bond donors (Lipinski definition) is 1. The van der Waals surface area contributed by atoms with Gasteiger partial charge in [0.15, 0.2) is 0 Å². The quantitative estimate of drug-likeness (QED) is 0.423. The topological polar surface area (TPSA) is 121 Å². The highest BCUT2D eigenvalue weighted by Gasteiger charge is 2.72. The first-order valence-corrected chi connectivity index (χ1v) is 14.8. The summed E-state index contributed by atoms with van der Waals surface area (Å²) in [7, 11) is 0. The van der Waals surface area contributed by atoms with E-state index >= 15 is 0 Å². The Kier molecular flexibility index (Phi) is 6.86. The highest BCUT2D eigenvalue weighted by atomic mass is 16.5. The number of benzene rings is 2. The molecule has 2 saturated heterocycles. The summed E-state index contributed by atoms with van der Waals surface area (Å²) in [6.07, 6.45) is 7.57. The van der Waals surface area contributed by atoms with Gasteiger partial charge in [-0.25, -0.2) is 4.68 Å². The van der Waals surface area contributed by atoms with Gasteiger partial charge < -0.3 is 24.5 Å². The first-order valence-electron chi connectivity index (χ1n) is 14.8. The lowest BCUT2D eigenvalue weighted by atomic mass is 9.77. The molecule has 2 fully saturated rings. The van der Waals surface area contributed by atoms with Gasteiger partial charge in [-0.1, -0.05) is 78.9 Å². The average Bonchev–Trinajstić information content (AvgIpc) is 3.58. The standard InChI is InChI=1S/C32H34N6O5/c1-2-16-35-17-8-14-25-26(29(35)40)27-30(41)38(24(19-39)21-10-4-3-5-11-21)28-31(42)36(18-9-15-32(27,28)43-25)20-37-23-13-7-6-12-22(23)33-34-37/h3-15,24-28,39H,2,16-20H2,1H3/t24-,25+,26-,27+,28?,32+/m1/s1. The fraction of sp³-hybridized carbons (Fsp3) is 0.406. The summed E-state index contributed by atoms with van der Waals surface area (Å²) in [5, 5.41) is 19.2. The molecule has 1 unspecified atom stereocenters. The van der Waals surface area contributed by atoms with Gasteiger partial charge in [-0.15, -0.1) is 5.10 Å². The normalized spacial score (nSPS) is 29.1. The van der Waals surface area contributed by atoms with Crippen LogP contribution in [0.15, 0.2) is 78.9 Å². The van der Waals surface area contributed by atoms with Crippen molar-refractivity contribution in [3.8, 4) is 0 Å². The van der Waals surface area contributed by atoms with Crippen LogP contribution in [0.3, 0.4) is 0 Å². The Morgan fingerprint density at radius 3 is 2.53 bits per heavy atom. The Bertz CT molecular complexity index is 1620. The minimum Gasteiger partial charge on any atom is -0.394 e. The van der Waals surface area contributed by atoms with Crippen molar-refractivity contribution in [1.29, 1.82) is 0 Å². The first-order chi connectivity index (χ1) is 21.0. The maximum atomic E-state index is 14.7. The second kappa shape index (κ2) is 10.7. The molecule has 6 atom stereocenters. The predicted octanol–water partition coefficient (Wildman–Crippen LogP) is 1.91. The molecule has 2 aromatic carbocycles. The summed E-state index contributed by atoms with van der Waals surface area (Å²) in [5.41, 5.74) is 0.791. The third-order valence-electron chi connectivity index (χ3n) is 9.18. The van der Waals surface area contributed by atoms with E-state index in [1.54, 1.807) is 14.5 Å². The molecular formula is C32H34N6O5. The van der Waals surface area contributed by atoms with E-state index in [1.807, 2.05) is 85.8 Å². The largest absolute Gasteiger partial charge is 0.394 e. The van der Waals surface area contributed by atoms with Crippen LogP contribution in [0.5, 0.6) is 0 Å². The van der Waals surface area contributed by atoms with Gasteiger partial charge in [-0.3, -0.25) is 14.4 Å². The number of amides is 3. The number of fused-ring (bicyclic) bond motifs is 3. The molecule has 0 aliphatic carbocycles. The van der Waals surface area contributed by atoms with Crippen molar-refractivity contribution in [2.75, 3.05) is 26.2 Å². The molecule has 222 valence electrons. The van der Waals surface area contributed by atoms with Crippen LogP contribution in [-0.2, 0) is 25.8 Å². The summed E-state index contributed by atoms with van der Waals surface area (Å²) in [5.74, 6) is -2.57. The second-order valence-electron chi connectivity index (χ2n) is 11.6. The van der Waals surface area contributed by atoms with Crippen LogP contribution in [0.1, 0.15) is 24.9 Å². The van der Waals surface area contributed by atoms with Crippen LogP contribution < -0.4 is 0 Å². The van der Waals surface area contributed by atoms with Gasteiger partial charge in [0.2, 0.25) is 11.8 Å². The number of aromatic nitrogens is 3. The number of hydrogen-bond acceptors (Lipinski definition) is 7. The van der Waals surface area contributed by atoms with E-state index in [2.05, 4.69) is 10.3 Å². The van der Waals surface area contributed by atoms with Crippen LogP contribution in [0.25, 0.3) is 11.0 Å². The number of carbonyl (C=O) groups excluding carboxylic acids is 3. The smallest absolute Gasteiger partial charge is 0.250 e. The number of ether oxygens (including phenoxy) is 1. The van der Waals surface area contributed by atoms with Gasteiger partial charge in [0.1, 0.15) is 23.8 Å². The number of para-hydroxylation sites is 1. The van der Waals surface area contributed by atoms with Crippen molar-refractivity contribution >= 4 is 28.8 Å². The van der Waals surface area contributed by atoms with Crippen LogP contribution in [0.4, 0.5) is 0 Å². The van der Waals surface area contributed by atoms with Gasteiger partial charge in [-0.05, 0) is 24.1 Å². The minimum absolute atomic E-state index is 0.105. The zero-order valence-corrected chi connectivity index (χ0v) is 23.9. The van der Waals surface area contributed by atoms with E-state index in [0.29, 0.717) is 24.2 Å². The Balaban J connectivity index is 1.33. The lowest BCUT2D eigenvalue weighted by molar-refractivity contribution is -0.152. The molecule has 0 bridgehead atoms. The second-order valence-corrected chi connectivity index (χ2v) is 11.6. The lowest BCUT2D eigenvalue weighted by Gasteiger charge is -2.38. The summed E-state index contributed by atoms with van der Waals surface area (Å²) < 4.78 is 8.41. The zero-order chi connectivity index (χ0) is 29.7. The zero-order valence-electron chi connectivity index (χ0n) is 23.9. The van der Waals surface area contributed by atoms with E-state index in [9.17, 15) is 19.5 Å². The average molecular weight is 583 g/mol. The van der Waals surface area contributed by atoms with Crippen molar-refractivity contribution in [3.63, 3.8) is 0 Å². The molecule has 4 aliphatic heterocycles. The van der Waals surface area contributed by atoms with E-state index < -0.39 is 42.2 Å². The lowest BCUT2D eigenvalue weighted by Crippen LogP contribution is -2.56. The van der Waals surface area contributed by atoms with Gasteiger partial charge in [0.05, 0.1) is 36.1 Å². The van der Waals surface area contributed by atoms with Crippen molar-refractivity contribution in [2.45, 2.75) is 43.8 Å². The summed E-state index contributed by atoms with van der Waals surface area (Å²) >= 11 is 0. The fourth-order valence-electron chi connectivity index (χ4n) is 7.32. The molecule has 11 nitrogen and oxygen atoms in total. The molecule has 5 heterocycles. The number of aliphatic hydroxyl groups excluding tert-OH is 1. The van der Waals surface area contributed by atoms with Crippen molar-refractivity contribution < 1.29 is 24.2 Å². The summed E-state index contributed by atoms with van der Waals surface area (Å²) in [6, 6.07) is 14.8. The Morgan fingerprint density at radius 1 is 0.977 bits per heavy atom. The maximum Gasteiger partial charge on any atom is 0.250 e. The van der Waals surface area contributed by atoms with E-state index in [0.717, 1.165) is 11.9 Å². The summed E-state index contributed by atoms with van der Waals surface area (Å²) in [4.78, 5) is 48.2. The molecule has 11 heteroatoms. The molecule has 43 heavy (non-hydrogen) atoms. The number of aliphatic hydroxyl groups is 1. The van der Waals surface area contributed by atoms with Crippen LogP contribution in [0, 0.1) is 11.8 Å². The molecular weight excluding hydrogens is 548 g/mol. The molecule has 0 saturated carbocycles. The fourth-order valence-corrected chi connectivity index (χ4v) is 7.32. The van der Waals surface area contributed by atoms with Crippen LogP contribution >= 0.6 is 0 Å². The monoisotopic (exact) mass is 582 g/mol. The van der Waals surface area contributed by atoms with E-state index in [-0.39, 0.29) is 30.9 Å². The highest BCUT2D eigenvalue weighted by Crippen LogP contribution is 2.55. The maximum absolute atomic E-state index is 14.7. The van der Waals surface area contributed by atoms with Crippen LogP contribution in [-0.4, -0.2) is 96.5 Å². The molecule has 3 amide bonds. The highest BCUT2D eigenvalue weighted by molar-refractivity contribution is 6.00. The van der Waals surface area contributed by atoms with Crippen molar-refractivity contribution in [2.24, 2.45) is 11.8 Å². The third-order valence-corrected chi connectivity index (χ3v) is 9.18. The molecule has 0 radical (unpaired) electrons. The molecule has 1 N–H and O–H groups in total. The van der Waals surface area contributed by atoms with E-state index in [4.69, 9.17) is 4.74 Å². The van der Waals surface area contributed by atoms with Crippen LogP contribution in [0.2, 0.25) is 0 Å². The number of likely N-dealkylation sites (tertiary alicyclic amines) is 1. The third kappa shape index (κ3) is 4.21. The molecule has 4 aliphatic rings. The molecule has 7 rings (SSSR count).